The van der Waals surface area contributed by atoms with E-state index in [2.05, 4.69) is 0 Å². The molecule has 0 atom stereocenters. The SMILES string of the molecule is COc1c2c(c3ccccc3c1OC)C(=O)c1ccccc1C2=O. The van der Waals surface area contributed by atoms with Crippen molar-refractivity contribution in [1.82, 2.24) is 0 Å². The molecule has 1 aliphatic carbocycles. The fourth-order valence-electron chi connectivity index (χ4n) is 3.38. The molecule has 0 saturated carbocycles. The number of carbonyl (C=O) groups is 2. The summed E-state index contributed by atoms with van der Waals surface area (Å²) in [7, 11) is 3.00. The standard InChI is InChI=1S/C20H14O4/c1-23-19-14-10-6-3-7-11(14)15-16(20(19)24-2)18(22)13-9-5-4-8-12(13)17(15)21/h3-10H,1-2H3. The first-order chi connectivity index (χ1) is 11.7. The van der Waals surface area contributed by atoms with Crippen LogP contribution < -0.4 is 9.47 Å². The first kappa shape index (κ1) is 14.5. The van der Waals surface area contributed by atoms with E-state index in [-0.39, 0.29) is 17.1 Å². The molecule has 0 unspecified atom stereocenters. The van der Waals surface area contributed by atoms with Crippen LogP contribution in [0.25, 0.3) is 10.8 Å². The van der Waals surface area contributed by atoms with Crippen LogP contribution in [0.4, 0.5) is 0 Å². The van der Waals surface area contributed by atoms with E-state index >= 15 is 0 Å². The van der Waals surface area contributed by atoms with E-state index in [1.807, 2.05) is 24.3 Å². The fourth-order valence-corrected chi connectivity index (χ4v) is 3.38. The molecule has 0 heterocycles. The minimum absolute atomic E-state index is 0.169. The van der Waals surface area contributed by atoms with Gasteiger partial charge in [0.25, 0.3) is 0 Å². The van der Waals surface area contributed by atoms with Gasteiger partial charge >= 0.3 is 0 Å². The Bertz CT molecular complexity index is 1020. The van der Waals surface area contributed by atoms with E-state index in [1.54, 1.807) is 24.3 Å². The van der Waals surface area contributed by atoms with Gasteiger partial charge in [-0.05, 0) is 5.39 Å². The molecule has 0 aliphatic heterocycles. The van der Waals surface area contributed by atoms with Crippen molar-refractivity contribution in [1.29, 1.82) is 0 Å². The number of ketones is 2. The van der Waals surface area contributed by atoms with Crippen molar-refractivity contribution in [3.05, 3.63) is 70.8 Å². The zero-order valence-electron chi connectivity index (χ0n) is 13.3. The summed E-state index contributed by atoms with van der Waals surface area (Å²) in [6.07, 6.45) is 0. The van der Waals surface area contributed by atoms with Gasteiger partial charge in [-0.15, -0.1) is 0 Å². The Balaban J connectivity index is 2.21. The Morgan fingerprint density at radius 2 is 1.12 bits per heavy atom. The number of carbonyl (C=O) groups excluding carboxylic acids is 2. The third-order valence-electron chi connectivity index (χ3n) is 4.40. The summed E-state index contributed by atoms with van der Waals surface area (Å²) in [4.78, 5) is 26.1. The Hall–Kier alpha value is -3.14. The van der Waals surface area contributed by atoms with Crippen LogP contribution in [0.5, 0.6) is 11.5 Å². The van der Waals surface area contributed by atoms with Crippen LogP contribution in [0.3, 0.4) is 0 Å². The van der Waals surface area contributed by atoms with Crippen molar-refractivity contribution in [3.63, 3.8) is 0 Å². The van der Waals surface area contributed by atoms with Crippen molar-refractivity contribution in [2.24, 2.45) is 0 Å². The second-order valence-corrected chi connectivity index (χ2v) is 5.57. The van der Waals surface area contributed by atoms with E-state index in [4.69, 9.17) is 9.47 Å². The first-order valence-corrected chi connectivity index (χ1v) is 7.54. The highest BCUT2D eigenvalue weighted by Gasteiger charge is 2.36. The molecule has 0 radical (unpaired) electrons. The molecule has 1 aliphatic rings. The van der Waals surface area contributed by atoms with Crippen LogP contribution in [-0.4, -0.2) is 25.8 Å². The van der Waals surface area contributed by atoms with E-state index in [9.17, 15) is 9.59 Å². The summed E-state index contributed by atoms with van der Waals surface area (Å²) < 4.78 is 11.0. The lowest BCUT2D eigenvalue weighted by Gasteiger charge is -2.23. The van der Waals surface area contributed by atoms with Gasteiger partial charge in [0.05, 0.1) is 19.8 Å². The Kier molecular flexibility index (Phi) is 3.13. The van der Waals surface area contributed by atoms with E-state index in [0.29, 0.717) is 33.6 Å². The van der Waals surface area contributed by atoms with Gasteiger partial charge in [0, 0.05) is 22.1 Å². The van der Waals surface area contributed by atoms with Gasteiger partial charge in [-0.3, -0.25) is 9.59 Å². The highest BCUT2D eigenvalue weighted by Crippen LogP contribution is 2.45. The fraction of sp³-hybridized carbons (Fsp3) is 0.100. The van der Waals surface area contributed by atoms with Gasteiger partial charge in [-0.2, -0.15) is 0 Å². The summed E-state index contributed by atoms with van der Waals surface area (Å²) in [5.41, 5.74) is 1.47. The molecule has 4 heteroatoms. The second-order valence-electron chi connectivity index (χ2n) is 5.57. The maximum Gasteiger partial charge on any atom is 0.198 e. The minimum Gasteiger partial charge on any atom is -0.492 e. The minimum atomic E-state index is -0.221. The van der Waals surface area contributed by atoms with Crippen molar-refractivity contribution in [2.45, 2.75) is 0 Å². The Morgan fingerprint density at radius 3 is 1.71 bits per heavy atom. The monoisotopic (exact) mass is 318 g/mol. The van der Waals surface area contributed by atoms with Gasteiger partial charge in [-0.1, -0.05) is 48.5 Å². The Labute approximate surface area is 138 Å². The number of fused-ring (bicyclic) bond motifs is 4. The number of methoxy groups -OCH3 is 2. The molecule has 4 nitrogen and oxygen atoms in total. The lowest BCUT2D eigenvalue weighted by molar-refractivity contribution is 0.0977. The maximum atomic E-state index is 13.1. The lowest BCUT2D eigenvalue weighted by atomic mass is 9.81. The molecule has 4 rings (SSSR count). The van der Waals surface area contributed by atoms with Crippen molar-refractivity contribution in [2.75, 3.05) is 14.2 Å². The molecule has 118 valence electrons. The predicted molar refractivity (Wildman–Crippen MR) is 90.4 cm³/mol. The number of benzene rings is 3. The second kappa shape index (κ2) is 5.20. The molecule has 24 heavy (non-hydrogen) atoms. The van der Waals surface area contributed by atoms with Crippen molar-refractivity contribution >= 4 is 22.3 Å². The van der Waals surface area contributed by atoms with Crippen LogP contribution in [0.1, 0.15) is 31.8 Å². The number of rotatable bonds is 2. The zero-order valence-corrected chi connectivity index (χ0v) is 13.3. The van der Waals surface area contributed by atoms with Gasteiger partial charge < -0.3 is 9.47 Å². The molecular formula is C20H14O4. The smallest absolute Gasteiger partial charge is 0.198 e. The van der Waals surface area contributed by atoms with Gasteiger partial charge in [-0.25, -0.2) is 0 Å². The summed E-state index contributed by atoms with van der Waals surface area (Å²) in [6.45, 7) is 0. The Morgan fingerprint density at radius 1 is 0.625 bits per heavy atom. The molecule has 0 spiro atoms. The summed E-state index contributed by atoms with van der Waals surface area (Å²) in [5, 5.41) is 1.44. The van der Waals surface area contributed by atoms with Gasteiger partial charge in [0.15, 0.2) is 23.1 Å². The van der Waals surface area contributed by atoms with Crippen LogP contribution in [0, 0.1) is 0 Å². The molecule has 0 saturated heterocycles. The van der Waals surface area contributed by atoms with Crippen LogP contribution in [-0.2, 0) is 0 Å². The number of hydrogen-bond donors (Lipinski definition) is 0. The topological polar surface area (TPSA) is 52.6 Å². The molecule has 3 aromatic rings. The average molecular weight is 318 g/mol. The molecule has 0 N–H and O–H groups in total. The van der Waals surface area contributed by atoms with E-state index in [0.717, 1.165) is 5.39 Å². The summed E-state index contributed by atoms with van der Waals surface area (Å²) >= 11 is 0. The molecule has 0 aromatic heterocycles. The first-order valence-electron chi connectivity index (χ1n) is 7.54. The molecule has 0 fully saturated rings. The number of ether oxygens (including phenoxy) is 2. The maximum absolute atomic E-state index is 13.1. The normalized spacial score (nSPS) is 12.8. The van der Waals surface area contributed by atoms with Gasteiger partial charge in [0.2, 0.25) is 0 Å². The summed E-state index contributed by atoms with van der Waals surface area (Å²) in [5.74, 6) is 0.380. The highest BCUT2D eigenvalue weighted by atomic mass is 16.5. The highest BCUT2D eigenvalue weighted by molar-refractivity contribution is 6.33. The third kappa shape index (κ3) is 1.74. The molecule has 0 bridgehead atoms. The third-order valence-corrected chi connectivity index (χ3v) is 4.40. The van der Waals surface area contributed by atoms with Crippen LogP contribution in [0.15, 0.2) is 48.5 Å². The number of hydrogen-bond acceptors (Lipinski definition) is 4. The lowest BCUT2D eigenvalue weighted by Crippen LogP contribution is -2.22. The van der Waals surface area contributed by atoms with Crippen molar-refractivity contribution in [3.8, 4) is 11.5 Å². The predicted octanol–water partition coefficient (Wildman–Crippen LogP) is 3.63. The molecule has 0 amide bonds. The molecule has 3 aromatic carbocycles. The zero-order chi connectivity index (χ0) is 16.8. The van der Waals surface area contributed by atoms with Crippen LogP contribution >= 0.6 is 0 Å². The largest absolute Gasteiger partial charge is 0.492 e. The van der Waals surface area contributed by atoms with Crippen molar-refractivity contribution < 1.29 is 19.1 Å². The molecular weight excluding hydrogens is 304 g/mol. The average Bonchev–Trinajstić information content (AvgIpc) is 2.64. The van der Waals surface area contributed by atoms with E-state index < -0.39 is 0 Å². The van der Waals surface area contributed by atoms with Crippen LogP contribution in [0.2, 0.25) is 0 Å². The van der Waals surface area contributed by atoms with E-state index in [1.165, 1.54) is 14.2 Å². The van der Waals surface area contributed by atoms with Gasteiger partial charge in [0.1, 0.15) is 0 Å². The quantitative estimate of drug-likeness (QED) is 0.566. The summed E-state index contributed by atoms with van der Waals surface area (Å²) in [6, 6.07) is 14.2.